The number of nitrogens with one attached hydrogen (secondary N) is 1. The molecule has 0 aliphatic carbocycles. The van der Waals surface area contributed by atoms with Gasteiger partial charge in [0, 0.05) is 13.1 Å². The summed E-state index contributed by atoms with van der Waals surface area (Å²) >= 11 is 6.07. The topological polar surface area (TPSA) is 82.4 Å². The molecule has 1 heterocycles. The Kier molecular flexibility index (Phi) is 5.61. The Labute approximate surface area is 146 Å². The molecule has 24 heavy (non-hydrogen) atoms. The summed E-state index contributed by atoms with van der Waals surface area (Å²) in [5.74, 6) is 0.940. The summed E-state index contributed by atoms with van der Waals surface area (Å²) in [5, 5.41) is 4.07. The van der Waals surface area contributed by atoms with Crippen LogP contribution in [0.1, 0.15) is 19.5 Å². The van der Waals surface area contributed by atoms with Crippen LogP contribution in [0.4, 0.5) is 5.69 Å². The highest BCUT2D eigenvalue weighted by Gasteiger charge is 2.26. The van der Waals surface area contributed by atoms with Crippen LogP contribution in [0.25, 0.3) is 0 Å². The van der Waals surface area contributed by atoms with Gasteiger partial charge in [-0.3, -0.25) is 9.40 Å². The van der Waals surface area contributed by atoms with E-state index in [0.29, 0.717) is 30.4 Å². The van der Waals surface area contributed by atoms with E-state index in [4.69, 9.17) is 21.1 Å². The first-order chi connectivity index (χ1) is 11.3. The molecule has 0 saturated heterocycles. The molecule has 1 aromatic carbocycles. The molecule has 0 spiro atoms. The molecule has 0 unspecified atom stereocenters. The fourth-order valence-corrected chi connectivity index (χ4v) is 4.05. The maximum absolute atomic E-state index is 12.7. The third kappa shape index (κ3) is 3.76. The standard InChI is InChI=1S/C15H20ClN3O4S/c1-5-22-11-7-8-13(23-6-2)12(9-11)18-24(20,21)14-10(3)17-19(4)15(14)16/h7-9,18H,5-6H2,1-4H3. The zero-order chi connectivity index (χ0) is 17.9. The molecule has 2 aromatic rings. The number of sulfonamides is 1. The number of rotatable bonds is 7. The number of nitrogens with zero attached hydrogens (tertiary/aromatic N) is 2. The number of hydrogen-bond acceptors (Lipinski definition) is 5. The zero-order valence-electron chi connectivity index (χ0n) is 14.0. The van der Waals surface area contributed by atoms with E-state index in [1.54, 1.807) is 32.2 Å². The van der Waals surface area contributed by atoms with Crippen molar-refractivity contribution in [3.8, 4) is 11.5 Å². The molecule has 9 heteroatoms. The lowest BCUT2D eigenvalue weighted by Crippen LogP contribution is -2.15. The second kappa shape index (κ2) is 7.31. The minimum Gasteiger partial charge on any atom is -0.494 e. The van der Waals surface area contributed by atoms with Gasteiger partial charge in [0.25, 0.3) is 10.0 Å². The van der Waals surface area contributed by atoms with Crippen LogP contribution < -0.4 is 14.2 Å². The minimum atomic E-state index is -3.93. The van der Waals surface area contributed by atoms with Crippen molar-refractivity contribution in [1.29, 1.82) is 0 Å². The van der Waals surface area contributed by atoms with Gasteiger partial charge in [0.05, 0.1) is 24.6 Å². The molecular weight excluding hydrogens is 354 g/mol. The lowest BCUT2D eigenvalue weighted by molar-refractivity contribution is 0.332. The van der Waals surface area contributed by atoms with Crippen LogP contribution in [0, 0.1) is 6.92 Å². The SMILES string of the molecule is CCOc1ccc(OCC)c(NS(=O)(=O)c2c(C)nn(C)c2Cl)c1. The summed E-state index contributed by atoms with van der Waals surface area (Å²) in [7, 11) is -2.35. The highest BCUT2D eigenvalue weighted by Crippen LogP contribution is 2.33. The van der Waals surface area contributed by atoms with Crippen molar-refractivity contribution in [3.63, 3.8) is 0 Å². The third-order valence-electron chi connectivity index (χ3n) is 3.18. The van der Waals surface area contributed by atoms with Gasteiger partial charge in [-0.25, -0.2) is 8.42 Å². The van der Waals surface area contributed by atoms with Crippen LogP contribution in [0.5, 0.6) is 11.5 Å². The van der Waals surface area contributed by atoms with Gasteiger partial charge in [0.15, 0.2) is 0 Å². The van der Waals surface area contributed by atoms with E-state index in [1.807, 2.05) is 13.8 Å². The maximum Gasteiger partial charge on any atom is 0.266 e. The quantitative estimate of drug-likeness (QED) is 0.806. The highest BCUT2D eigenvalue weighted by atomic mass is 35.5. The summed E-state index contributed by atoms with van der Waals surface area (Å²) in [6.07, 6.45) is 0. The number of aromatic nitrogens is 2. The first-order valence-corrected chi connectivity index (χ1v) is 9.27. The smallest absolute Gasteiger partial charge is 0.266 e. The molecule has 132 valence electrons. The van der Waals surface area contributed by atoms with Crippen molar-refractivity contribution in [2.24, 2.45) is 7.05 Å². The average Bonchev–Trinajstić information content (AvgIpc) is 2.75. The Morgan fingerprint density at radius 3 is 2.46 bits per heavy atom. The zero-order valence-corrected chi connectivity index (χ0v) is 15.5. The van der Waals surface area contributed by atoms with Gasteiger partial charge in [0.2, 0.25) is 0 Å². The van der Waals surface area contributed by atoms with E-state index in [0.717, 1.165) is 0 Å². The molecule has 0 bridgehead atoms. The predicted octanol–water partition coefficient (Wildman–Crippen LogP) is 2.98. The number of benzene rings is 1. The summed E-state index contributed by atoms with van der Waals surface area (Å²) < 4.78 is 40.2. The number of halogens is 1. The summed E-state index contributed by atoms with van der Waals surface area (Å²) in [5.41, 5.74) is 0.594. The van der Waals surface area contributed by atoms with Gasteiger partial charge < -0.3 is 9.47 Å². The van der Waals surface area contributed by atoms with E-state index in [1.165, 1.54) is 4.68 Å². The Morgan fingerprint density at radius 1 is 1.25 bits per heavy atom. The van der Waals surface area contributed by atoms with Crippen molar-refractivity contribution in [2.75, 3.05) is 17.9 Å². The molecule has 0 radical (unpaired) electrons. The van der Waals surface area contributed by atoms with Crippen molar-refractivity contribution in [1.82, 2.24) is 9.78 Å². The molecular formula is C15H20ClN3O4S. The van der Waals surface area contributed by atoms with Crippen molar-refractivity contribution in [2.45, 2.75) is 25.7 Å². The normalized spacial score (nSPS) is 11.4. The minimum absolute atomic E-state index is 0.0407. The molecule has 0 atom stereocenters. The van der Waals surface area contributed by atoms with Crippen LogP contribution in [0.15, 0.2) is 23.1 Å². The second-order valence-electron chi connectivity index (χ2n) is 4.96. The number of aryl methyl sites for hydroxylation is 2. The molecule has 0 aliphatic rings. The maximum atomic E-state index is 12.7. The number of anilines is 1. The molecule has 0 amide bonds. The van der Waals surface area contributed by atoms with Crippen LogP contribution >= 0.6 is 11.6 Å². The van der Waals surface area contributed by atoms with Crippen molar-refractivity contribution < 1.29 is 17.9 Å². The van der Waals surface area contributed by atoms with Crippen LogP contribution in [-0.4, -0.2) is 31.4 Å². The van der Waals surface area contributed by atoms with Gasteiger partial charge in [0.1, 0.15) is 21.5 Å². The van der Waals surface area contributed by atoms with Crippen LogP contribution in [0.3, 0.4) is 0 Å². The molecule has 1 N–H and O–H groups in total. The van der Waals surface area contributed by atoms with E-state index < -0.39 is 10.0 Å². The molecule has 1 aromatic heterocycles. The molecule has 7 nitrogen and oxygen atoms in total. The number of hydrogen-bond donors (Lipinski definition) is 1. The first-order valence-electron chi connectivity index (χ1n) is 7.41. The van der Waals surface area contributed by atoms with Gasteiger partial charge in [-0.15, -0.1) is 0 Å². The van der Waals surface area contributed by atoms with Crippen molar-refractivity contribution in [3.05, 3.63) is 29.0 Å². The largest absolute Gasteiger partial charge is 0.494 e. The Hall–Kier alpha value is -1.93. The fourth-order valence-electron chi connectivity index (χ4n) is 2.24. The van der Waals surface area contributed by atoms with Gasteiger partial charge in [-0.05, 0) is 32.9 Å². The van der Waals surface area contributed by atoms with E-state index in [-0.39, 0.29) is 15.7 Å². The summed E-state index contributed by atoms with van der Waals surface area (Å²) in [4.78, 5) is -0.0593. The second-order valence-corrected chi connectivity index (χ2v) is 6.94. The van der Waals surface area contributed by atoms with E-state index in [9.17, 15) is 8.42 Å². The molecule has 0 fully saturated rings. The lowest BCUT2D eigenvalue weighted by Gasteiger charge is -2.14. The first kappa shape index (κ1) is 18.4. The third-order valence-corrected chi connectivity index (χ3v) is 5.24. The van der Waals surface area contributed by atoms with E-state index in [2.05, 4.69) is 9.82 Å². The monoisotopic (exact) mass is 373 g/mol. The number of ether oxygens (including phenoxy) is 2. The van der Waals surface area contributed by atoms with Gasteiger partial charge >= 0.3 is 0 Å². The Bertz CT molecular complexity index is 833. The molecule has 0 aliphatic heterocycles. The molecule has 0 saturated carbocycles. The summed E-state index contributed by atoms with van der Waals surface area (Å²) in [6, 6.07) is 4.95. The van der Waals surface area contributed by atoms with E-state index >= 15 is 0 Å². The predicted molar refractivity (Wildman–Crippen MR) is 92.5 cm³/mol. The highest BCUT2D eigenvalue weighted by molar-refractivity contribution is 7.92. The fraction of sp³-hybridized carbons (Fsp3) is 0.400. The summed E-state index contributed by atoms with van der Waals surface area (Å²) in [6.45, 7) is 6.11. The van der Waals surface area contributed by atoms with Crippen LogP contribution in [-0.2, 0) is 17.1 Å². The van der Waals surface area contributed by atoms with Gasteiger partial charge in [-0.1, -0.05) is 11.6 Å². The molecule has 2 rings (SSSR count). The Balaban J connectivity index is 2.46. The lowest BCUT2D eigenvalue weighted by atomic mass is 10.3. The Morgan fingerprint density at radius 2 is 1.92 bits per heavy atom. The average molecular weight is 374 g/mol. The van der Waals surface area contributed by atoms with Crippen molar-refractivity contribution >= 4 is 27.3 Å². The van der Waals surface area contributed by atoms with Gasteiger partial charge in [-0.2, -0.15) is 5.10 Å². The van der Waals surface area contributed by atoms with Crippen LogP contribution in [0.2, 0.25) is 5.15 Å².